The molecule has 1 amide bonds. The number of carbonyl (C=O) groups excluding carboxylic acids is 1. The molecule has 1 unspecified atom stereocenters. The van der Waals surface area contributed by atoms with Crippen molar-refractivity contribution in [3.63, 3.8) is 0 Å². The van der Waals surface area contributed by atoms with E-state index in [0.717, 1.165) is 41.3 Å². The number of imidazole rings is 1. The van der Waals surface area contributed by atoms with Gasteiger partial charge in [0.1, 0.15) is 10.9 Å². The van der Waals surface area contributed by atoms with E-state index in [9.17, 15) is 4.79 Å². The maximum atomic E-state index is 12.4. The molecule has 1 aromatic heterocycles. The van der Waals surface area contributed by atoms with Gasteiger partial charge in [0.05, 0.1) is 31.8 Å². The number of carbonyl (C=O) groups is 1. The third-order valence-corrected chi connectivity index (χ3v) is 6.53. The van der Waals surface area contributed by atoms with Gasteiger partial charge in [-0.05, 0) is 38.0 Å². The lowest BCUT2D eigenvalue weighted by atomic mass is 10.1. The molecule has 1 aliphatic rings. The fraction of sp³-hybridized carbons (Fsp3) is 0.360. The first kappa shape index (κ1) is 23.2. The topological polar surface area (TPSA) is 85.5 Å². The molecule has 0 spiro atoms. The van der Waals surface area contributed by atoms with E-state index in [1.165, 1.54) is 17.3 Å². The number of thioether (sulfide) groups is 1. The second kappa shape index (κ2) is 10.8. The molecule has 1 aliphatic heterocycles. The first-order valence-electron chi connectivity index (χ1n) is 11.0. The highest BCUT2D eigenvalue weighted by molar-refractivity contribution is 8.00. The second-order valence-corrected chi connectivity index (χ2v) is 8.89. The lowest BCUT2D eigenvalue weighted by molar-refractivity contribution is -0.119. The lowest BCUT2D eigenvalue weighted by Crippen LogP contribution is -2.32. The van der Waals surface area contributed by atoms with Crippen LogP contribution < -0.4 is 14.8 Å². The van der Waals surface area contributed by atoms with Gasteiger partial charge in [-0.1, -0.05) is 41.6 Å². The van der Waals surface area contributed by atoms with Crippen LogP contribution in [0.5, 0.6) is 11.5 Å². The first-order chi connectivity index (χ1) is 16.1. The number of nitrogens with one attached hydrogen (secondary N) is 2. The summed E-state index contributed by atoms with van der Waals surface area (Å²) in [5, 5.41) is 3.75. The van der Waals surface area contributed by atoms with Crippen molar-refractivity contribution in [2.75, 3.05) is 33.1 Å². The Morgan fingerprint density at radius 2 is 1.91 bits per heavy atom. The van der Waals surface area contributed by atoms with Gasteiger partial charge < -0.3 is 24.5 Å². The molecule has 0 radical (unpaired) electrons. The SMILES string of the molecule is COc1ccc(-c2nc(SCC(=O)NCC3CCCO3)c(-c3ccc(C)cc3)[nH]2)cc1OC. The number of benzene rings is 2. The van der Waals surface area contributed by atoms with Gasteiger partial charge >= 0.3 is 0 Å². The Morgan fingerprint density at radius 3 is 2.61 bits per heavy atom. The summed E-state index contributed by atoms with van der Waals surface area (Å²) < 4.78 is 16.4. The first-order valence-corrected chi connectivity index (χ1v) is 12.0. The molecule has 8 heteroatoms. The second-order valence-electron chi connectivity index (χ2n) is 7.93. The van der Waals surface area contributed by atoms with Crippen LogP contribution in [0, 0.1) is 6.92 Å². The summed E-state index contributed by atoms with van der Waals surface area (Å²) in [6, 6.07) is 13.9. The zero-order chi connectivity index (χ0) is 23.2. The fourth-order valence-corrected chi connectivity index (χ4v) is 4.55. The molecule has 0 saturated carbocycles. The van der Waals surface area contributed by atoms with Crippen LogP contribution in [0.25, 0.3) is 22.6 Å². The minimum Gasteiger partial charge on any atom is -0.493 e. The molecule has 0 aliphatic carbocycles. The molecule has 33 heavy (non-hydrogen) atoms. The predicted octanol–water partition coefficient (Wildman–Crippen LogP) is 4.46. The summed E-state index contributed by atoms with van der Waals surface area (Å²) >= 11 is 1.42. The van der Waals surface area contributed by atoms with Crippen molar-refractivity contribution < 1.29 is 19.0 Å². The molecule has 2 heterocycles. The lowest BCUT2D eigenvalue weighted by Gasteiger charge is -2.10. The van der Waals surface area contributed by atoms with Gasteiger partial charge in [0, 0.05) is 24.3 Å². The van der Waals surface area contributed by atoms with Gasteiger partial charge in [0.25, 0.3) is 0 Å². The number of methoxy groups -OCH3 is 2. The fourth-order valence-electron chi connectivity index (χ4n) is 3.72. The van der Waals surface area contributed by atoms with Crippen LogP contribution in [0.1, 0.15) is 18.4 Å². The van der Waals surface area contributed by atoms with E-state index >= 15 is 0 Å². The maximum Gasteiger partial charge on any atom is 0.230 e. The summed E-state index contributed by atoms with van der Waals surface area (Å²) in [5.74, 6) is 2.24. The highest BCUT2D eigenvalue weighted by atomic mass is 32.2. The van der Waals surface area contributed by atoms with E-state index in [1.807, 2.05) is 18.2 Å². The quantitative estimate of drug-likeness (QED) is 0.452. The van der Waals surface area contributed by atoms with E-state index in [4.69, 9.17) is 19.2 Å². The van der Waals surface area contributed by atoms with Crippen molar-refractivity contribution in [1.29, 1.82) is 0 Å². The molecule has 2 N–H and O–H groups in total. The third-order valence-electron chi connectivity index (χ3n) is 5.56. The van der Waals surface area contributed by atoms with Crippen molar-refractivity contribution in [2.45, 2.75) is 30.9 Å². The Labute approximate surface area is 198 Å². The number of hydrogen-bond acceptors (Lipinski definition) is 6. The smallest absolute Gasteiger partial charge is 0.230 e. The van der Waals surface area contributed by atoms with Crippen molar-refractivity contribution in [2.24, 2.45) is 0 Å². The number of aromatic amines is 1. The van der Waals surface area contributed by atoms with Crippen LogP contribution in [0.15, 0.2) is 47.5 Å². The molecule has 4 rings (SSSR count). The molecular weight excluding hydrogens is 438 g/mol. The standard InChI is InChI=1S/C25H29N3O4S/c1-16-6-8-17(9-7-16)23-25(33-15-22(29)26-14-19-5-4-12-32-19)28-24(27-23)18-10-11-20(30-2)21(13-18)31-3/h6-11,13,19H,4-5,12,14-15H2,1-3H3,(H,26,29)(H,27,28). The van der Waals surface area contributed by atoms with Crippen LogP contribution >= 0.6 is 11.8 Å². The molecule has 3 aromatic rings. The zero-order valence-electron chi connectivity index (χ0n) is 19.1. The van der Waals surface area contributed by atoms with Gasteiger partial charge in [-0.3, -0.25) is 4.79 Å². The number of amides is 1. The molecule has 7 nitrogen and oxygen atoms in total. The molecule has 1 atom stereocenters. The van der Waals surface area contributed by atoms with Crippen LogP contribution in [0.3, 0.4) is 0 Å². The Kier molecular flexibility index (Phi) is 7.57. The number of H-pyrrole nitrogens is 1. The van der Waals surface area contributed by atoms with Gasteiger partial charge in [0.2, 0.25) is 5.91 Å². The van der Waals surface area contributed by atoms with E-state index in [2.05, 4.69) is 41.5 Å². The summed E-state index contributed by atoms with van der Waals surface area (Å²) in [7, 11) is 3.22. The van der Waals surface area contributed by atoms with Crippen LogP contribution in [0.4, 0.5) is 0 Å². The highest BCUT2D eigenvalue weighted by Gasteiger charge is 2.19. The number of aromatic nitrogens is 2. The number of hydrogen-bond donors (Lipinski definition) is 2. The predicted molar refractivity (Wildman–Crippen MR) is 130 cm³/mol. The van der Waals surface area contributed by atoms with Gasteiger partial charge in [-0.15, -0.1) is 0 Å². The van der Waals surface area contributed by atoms with Gasteiger partial charge in [-0.25, -0.2) is 4.98 Å². The summed E-state index contributed by atoms with van der Waals surface area (Å²) in [4.78, 5) is 20.7. The Bertz CT molecular complexity index is 1090. The molecule has 0 bridgehead atoms. The zero-order valence-corrected chi connectivity index (χ0v) is 20.0. The van der Waals surface area contributed by atoms with Crippen molar-refractivity contribution >= 4 is 17.7 Å². The van der Waals surface area contributed by atoms with Gasteiger partial charge in [0.15, 0.2) is 11.5 Å². The largest absolute Gasteiger partial charge is 0.493 e. The Morgan fingerprint density at radius 1 is 1.15 bits per heavy atom. The number of rotatable bonds is 9. The van der Waals surface area contributed by atoms with E-state index < -0.39 is 0 Å². The average Bonchev–Trinajstić information content (AvgIpc) is 3.51. The molecule has 2 aromatic carbocycles. The average molecular weight is 468 g/mol. The van der Waals surface area contributed by atoms with Crippen LogP contribution in [-0.2, 0) is 9.53 Å². The summed E-state index contributed by atoms with van der Waals surface area (Å²) in [6.45, 7) is 3.39. The minimum atomic E-state index is -0.0268. The highest BCUT2D eigenvalue weighted by Crippen LogP contribution is 2.35. The number of nitrogens with zero attached hydrogens (tertiary/aromatic N) is 1. The third kappa shape index (κ3) is 5.69. The van der Waals surface area contributed by atoms with Crippen LogP contribution in [-0.4, -0.2) is 55.1 Å². The van der Waals surface area contributed by atoms with Crippen molar-refractivity contribution in [1.82, 2.24) is 15.3 Å². The van der Waals surface area contributed by atoms with E-state index in [0.29, 0.717) is 23.9 Å². The van der Waals surface area contributed by atoms with Crippen LogP contribution in [0.2, 0.25) is 0 Å². The number of ether oxygens (including phenoxy) is 3. The van der Waals surface area contributed by atoms with E-state index in [1.54, 1.807) is 14.2 Å². The summed E-state index contributed by atoms with van der Waals surface area (Å²) in [5.41, 5.74) is 3.95. The van der Waals surface area contributed by atoms with E-state index in [-0.39, 0.29) is 17.8 Å². The molecule has 1 fully saturated rings. The minimum absolute atomic E-state index is 0.0268. The Hall–Kier alpha value is -2.97. The summed E-state index contributed by atoms with van der Waals surface area (Å²) in [6.07, 6.45) is 2.18. The molecular formula is C25H29N3O4S. The molecule has 1 saturated heterocycles. The molecule has 174 valence electrons. The maximum absolute atomic E-state index is 12.4. The monoisotopic (exact) mass is 467 g/mol. The van der Waals surface area contributed by atoms with Crippen molar-refractivity contribution in [3.8, 4) is 34.1 Å². The number of aryl methyl sites for hydroxylation is 1. The van der Waals surface area contributed by atoms with Crippen molar-refractivity contribution in [3.05, 3.63) is 48.0 Å². The normalized spacial score (nSPS) is 15.4. The Balaban J connectivity index is 1.56. The van der Waals surface area contributed by atoms with Gasteiger partial charge in [-0.2, -0.15) is 0 Å².